The summed E-state index contributed by atoms with van der Waals surface area (Å²) in [5.41, 5.74) is 0.667. The van der Waals surface area contributed by atoms with Crippen LogP contribution in [0.3, 0.4) is 0 Å². The summed E-state index contributed by atoms with van der Waals surface area (Å²) in [7, 11) is 0. The van der Waals surface area contributed by atoms with Crippen molar-refractivity contribution in [3.8, 4) is 0 Å². The molecule has 1 aromatic carbocycles. The first-order valence-corrected chi connectivity index (χ1v) is 5.00. The van der Waals surface area contributed by atoms with Gasteiger partial charge in [-0.25, -0.2) is 9.97 Å². The summed E-state index contributed by atoms with van der Waals surface area (Å²) in [5, 5.41) is 2.01. The van der Waals surface area contributed by atoms with Gasteiger partial charge in [0.25, 0.3) is 0 Å². The molecule has 5 heteroatoms. The Morgan fingerprint density at radius 1 is 1.07 bits per heavy atom. The zero-order valence-electron chi connectivity index (χ0n) is 7.18. The first-order chi connectivity index (χ1) is 6.58. The van der Waals surface area contributed by atoms with E-state index in [1.807, 2.05) is 0 Å². The molecule has 0 atom stereocenters. The van der Waals surface area contributed by atoms with Crippen molar-refractivity contribution in [2.24, 2.45) is 0 Å². The van der Waals surface area contributed by atoms with Crippen LogP contribution in [0.4, 0.5) is 0 Å². The van der Waals surface area contributed by atoms with Crippen LogP contribution in [-0.2, 0) is 0 Å². The molecular formula is C9H5Cl3N2. The number of hydrogen-bond donors (Lipinski definition) is 0. The summed E-state index contributed by atoms with van der Waals surface area (Å²) < 4.78 is 0. The van der Waals surface area contributed by atoms with Crippen molar-refractivity contribution < 1.29 is 0 Å². The summed E-state index contributed by atoms with van der Waals surface area (Å²) in [5.74, 6) is 0.598. The molecule has 0 aliphatic carbocycles. The molecule has 0 unspecified atom stereocenters. The maximum absolute atomic E-state index is 5.97. The third kappa shape index (κ3) is 1.65. The number of halogens is 3. The number of aryl methyl sites for hydroxylation is 1. The molecule has 2 nitrogen and oxygen atoms in total. The van der Waals surface area contributed by atoms with Crippen LogP contribution in [0.25, 0.3) is 10.9 Å². The lowest BCUT2D eigenvalue weighted by Crippen LogP contribution is -1.90. The molecule has 2 rings (SSSR count). The van der Waals surface area contributed by atoms with Gasteiger partial charge in [-0.1, -0.05) is 34.8 Å². The lowest BCUT2D eigenvalue weighted by Gasteiger charge is -2.03. The Morgan fingerprint density at radius 2 is 1.79 bits per heavy atom. The van der Waals surface area contributed by atoms with Crippen LogP contribution in [0.2, 0.25) is 15.2 Å². The van der Waals surface area contributed by atoms with E-state index in [4.69, 9.17) is 34.8 Å². The van der Waals surface area contributed by atoms with E-state index in [-0.39, 0.29) is 0 Å². The normalized spacial score (nSPS) is 10.9. The van der Waals surface area contributed by atoms with Crippen molar-refractivity contribution in [1.82, 2.24) is 9.97 Å². The molecule has 1 aromatic heterocycles. The monoisotopic (exact) mass is 246 g/mol. The lowest BCUT2D eigenvalue weighted by molar-refractivity contribution is 1.09. The van der Waals surface area contributed by atoms with Crippen molar-refractivity contribution in [3.63, 3.8) is 0 Å². The van der Waals surface area contributed by atoms with Gasteiger partial charge in [0.15, 0.2) is 0 Å². The molecule has 0 aliphatic heterocycles. The second-order valence-corrected chi connectivity index (χ2v) is 4.05. The molecule has 72 valence electrons. The largest absolute Gasteiger partial charge is 0.233 e. The van der Waals surface area contributed by atoms with Gasteiger partial charge in [0.1, 0.15) is 11.0 Å². The van der Waals surface area contributed by atoms with E-state index in [1.165, 1.54) is 0 Å². The highest BCUT2D eigenvalue weighted by Gasteiger charge is 2.08. The van der Waals surface area contributed by atoms with Gasteiger partial charge < -0.3 is 0 Å². The van der Waals surface area contributed by atoms with E-state index in [0.29, 0.717) is 31.9 Å². The number of aromatic nitrogens is 2. The van der Waals surface area contributed by atoms with Crippen molar-refractivity contribution in [2.45, 2.75) is 6.92 Å². The van der Waals surface area contributed by atoms with Gasteiger partial charge in [-0.05, 0) is 19.1 Å². The van der Waals surface area contributed by atoms with E-state index in [9.17, 15) is 0 Å². The van der Waals surface area contributed by atoms with Gasteiger partial charge in [-0.2, -0.15) is 0 Å². The topological polar surface area (TPSA) is 25.8 Å². The third-order valence-electron chi connectivity index (χ3n) is 1.78. The maximum Gasteiger partial charge on any atom is 0.142 e. The molecule has 0 aliphatic rings. The Hall–Kier alpha value is -0.570. The average molecular weight is 248 g/mol. The quantitative estimate of drug-likeness (QED) is 0.660. The van der Waals surface area contributed by atoms with Crippen LogP contribution in [0.1, 0.15) is 5.82 Å². The Balaban J connectivity index is 2.94. The van der Waals surface area contributed by atoms with Gasteiger partial charge >= 0.3 is 0 Å². The van der Waals surface area contributed by atoms with Crippen LogP contribution in [-0.4, -0.2) is 9.97 Å². The fourth-order valence-electron chi connectivity index (χ4n) is 1.25. The van der Waals surface area contributed by atoms with E-state index in [0.717, 1.165) is 0 Å². The Morgan fingerprint density at radius 3 is 2.50 bits per heavy atom. The predicted molar refractivity (Wildman–Crippen MR) is 59.3 cm³/mol. The molecule has 1 heterocycles. The van der Waals surface area contributed by atoms with Crippen molar-refractivity contribution in [1.29, 1.82) is 0 Å². The van der Waals surface area contributed by atoms with Crippen LogP contribution < -0.4 is 0 Å². The zero-order valence-corrected chi connectivity index (χ0v) is 9.45. The minimum atomic E-state index is 0.356. The highest BCUT2D eigenvalue weighted by molar-refractivity contribution is 6.42. The molecule has 0 radical (unpaired) electrons. The molecule has 0 N–H and O–H groups in total. The lowest BCUT2D eigenvalue weighted by atomic mass is 10.2. The van der Waals surface area contributed by atoms with Gasteiger partial charge in [-0.3, -0.25) is 0 Å². The minimum absolute atomic E-state index is 0.356. The fraction of sp³-hybridized carbons (Fsp3) is 0.111. The fourth-order valence-corrected chi connectivity index (χ4v) is 2.19. The molecule has 0 saturated carbocycles. The van der Waals surface area contributed by atoms with E-state index in [2.05, 4.69) is 9.97 Å². The van der Waals surface area contributed by atoms with Crippen molar-refractivity contribution in [2.75, 3.05) is 0 Å². The van der Waals surface area contributed by atoms with Crippen LogP contribution in [0.15, 0.2) is 12.1 Å². The molecule has 14 heavy (non-hydrogen) atoms. The summed E-state index contributed by atoms with van der Waals surface area (Å²) in [6, 6.07) is 3.33. The maximum atomic E-state index is 5.97. The first-order valence-electron chi connectivity index (χ1n) is 3.87. The van der Waals surface area contributed by atoms with Crippen molar-refractivity contribution in [3.05, 3.63) is 33.2 Å². The van der Waals surface area contributed by atoms with Gasteiger partial charge in [0.05, 0.1) is 15.9 Å². The number of hydrogen-bond acceptors (Lipinski definition) is 2. The van der Waals surface area contributed by atoms with Gasteiger partial charge in [-0.15, -0.1) is 0 Å². The van der Waals surface area contributed by atoms with Gasteiger partial charge in [0, 0.05) is 5.02 Å². The zero-order chi connectivity index (χ0) is 10.3. The van der Waals surface area contributed by atoms with Crippen LogP contribution >= 0.6 is 34.8 Å². The summed E-state index contributed by atoms with van der Waals surface area (Å²) in [6.07, 6.45) is 0. The molecule has 0 spiro atoms. The van der Waals surface area contributed by atoms with Crippen molar-refractivity contribution >= 4 is 45.7 Å². The predicted octanol–water partition coefficient (Wildman–Crippen LogP) is 3.90. The Kier molecular flexibility index (Phi) is 2.52. The summed E-state index contributed by atoms with van der Waals surface area (Å²) in [6.45, 7) is 1.76. The molecule has 2 aromatic rings. The average Bonchev–Trinajstić information content (AvgIpc) is 1.99. The Bertz CT molecular complexity index is 468. The molecule has 0 amide bonds. The first kappa shape index (κ1) is 9.97. The molecule has 0 bridgehead atoms. The number of rotatable bonds is 0. The second-order valence-electron chi connectivity index (χ2n) is 2.84. The van der Waals surface area contributed by atoms with E-state index in [1.54, 1.807) is 19.1 Å². The van der Waals surface area contributed by atoms with E-state index < -0.39 is 0 Å². The van der Waals surface area contributed by atoms with Crippen LogP contribution in [0, 0.1) is 6.92 Å². The number of fused-ring (bicyclic) bond motifs is 1. The SMILES string of the molecule is Cc1nc(Cl)c2c(Cl)cc(Cl)cc2n1. The highest BCUT2D eigenvalue weighted by Crippen LogP contribution is 2.30. The smallest absolute Gasteiger partial charge is 0.142 e. The number of benzene rings is 1. The Labute approximate surface area is 95.8 Å². The van der Waals surface area contributed by atoms with Crippen LogP contribution in [0.5, 0.6) is 0 Å². The molecule has 0 saturated heterocycles. The summed E-state index contributed by atoms with van der Waals surface area (Å²) >= 11 is 17.8. The number of nitrogens with zero attached hydrogens (tertiary/aromatic N) is 2. The molecular weight excluding hydrogens is 242 g/mol. The van der Waals surface area contributed by atoms with Gasteiger partial charge in [0.2, 0.25) is 0 Å². The molecule has 0 fully saturated rings. The van der Waals surface area contributed by atoms with E-state index >= 15 is 0 Å². The third-order valence-corrected chi connectivity index (χ3v) is 2.57. The second kappa shape index (κ2) is 3.54. The standard InChI is InChI=1S/C9H5Cl3N2/c1-4-13-7-3-5(10)2-6(11)8(7)9(12)14-4/h2-3H,1H3. The summed E-state index contributed by atoms with van der Waals surface area (Å²) in [4.78, 5) is 8.21. The minimum Gasteiger partial charge on any atom is -0.233 e. The highest BCUT2D eigenvalue weighted by atomic mass is 35.5.